The fraction of sp³-hybridized carbons (Fsp3) is 0.429. The Kier molecular flexibility index (Phi) is 3.97. The molecular formula is C14H19N3O. The number of amides is 1. The molecule has 2 rings (SSSR count). The van der Waals surface area contributed by atoms with Crippen molar-refractivity contribution in [2.45, 2.75) is 26.7 Å². The quantitative estimate of drug-likeness (QED) is 0.855. The second kappa shape index (κ2) is 5.67. The summed E-state index contributed by atoms with van der Waals surface area (Å²) in [4.78, 5) is 11.2. The van der Waals surface area contributed by atoms with Crippen LogP contribution in [0.2, 0.25) is 0 Å². The number of nitrogens with one attached hydrogen (secondary N) is 2. The predicted molar refractivity (Wildman–Crippen MR) is 73.7 cm³/mol. The zero-order valence-corrected chi connectivity index (χ0v) is 10.9. The molecule has 1 unspecified atom stereocenters. The molecule has 1 amide bonds. The molecule has 0 bridgehead atoms. The number of benzene rings is 1. The predicted octanol–water partition coefficient (Wildman–Crippen LogP) is 2.37. The van der Waals surface area contributed by atoms with E-state index in [1.165, 1.54) is 0 Å². The first-order valence-corrected chi connectivity index (χ1v) is 6.41. The third kappa shape index (κ3) is 2.88. The van der Waals surface area contributed by atoms with Crippen LogP contribution < -0.4 is 10.7 Å². The molecule has 18 heavy (non-hydrogen) atoms. The van der Waals surface area contributed by atoms with E-state index in [1.54, 1.807) is 0 Å². The van der Waals surface area contributed by atoms with Gasteiger partial charge in [0.05, 0.1) is 5.71 Å². The maximum atomic E-state index is 11.2. The minimum atomic E-state index is -0.00696. The van der Waals surface area contributed by atoms with E-state index >= 15 is 0 Å². The topological polar surface area (TPSA) is 53.5 Å². The van der Waals surface area contributed by atoms with E-state index in [0.29, 0.717) is 6.42 Å². The van der Waals surface area contributed by atoms with Crippen LogP contribution in [0.15, 0.2) is 29.4 Å². The van der Waals surface area contributed by atoms with Crippen molar-refractivity contribution in [2.24, 2.45) is 11.0 Å². The van der Waals surface area contributed by atoms with Crippen molar-refractivity contribution in [3.8, 4) is 0 Å². The minimum absolute atomic E-state index is 0.00696. The van der Waals surface area contributed by atoms with Gasteiger partial charge in [-0.15, -0.1) is 0 Å². The average Bonchev–Trinajstić information content (AvgIpc) is 2.37. The van der Waals surface area contributed by atoms with Gasteiger partial charge in [-0.05, 0) is 24.1 Å². The van der Waals surface area contributed by atoms with Crippen LogP contribution in [0.4, 0.5) is 5.69 Å². The number of carbonyl (C=O) groups excluding carboxylic acids is 1. The summed E-state index contributed by atoms with van der Waals surface area (Å²) in [6.07, 6.45) is 1.62. The molecule has 1 aliphatic rings. The van der Waals surface area contributed by atoms with Crippen LogP contribution in [0.3, 0.4) is 0 Å². The van der Waals surface area contributed by atoms with Crippen molar-refractivity contribution in [3.05, 3.63) is 29.8 Å². The lowest BCUT2D eigenvalue weighted by atomic mass is 9.94. The Labute approximate surface area is 107 Å². The van der Waals surface area contributed by atoms with Crippen molar-refractivity contribution in [3.63, 3.8) is 0 Å². The number of rotatable bonds is 4. The fourth-order valence-electron chi connectivity index (χ4n) is 2.03. The average molecular weight is 245 g/mol. The van der Waals surface area contributed by atoms with Gasteiger partial charge >= 0.3 is 0 Å². The molecule has 1 aromatic rings. The lowest BCUT2D eigenvalue weighted by Gasteiger charge is -2.19. The first-order chi connectivity index (χ1) is 8.70. The normalized spacial score (nSPS) is 19.1. The molecule has 0 fully saturated rings. The highest BCUT2D eigenvalue weighted by Gasteiger charge is 2.21. The zero-order chi connectivity index (χ0) is 13.0. The van der Waals surface area contributed by atoms with E-state index in [-0.39, 0.29) is 11.8 Å². The summed E-state index contributed by atoms with van der Waals surface area (Å²) in [5.41, 5.74) is 5.69. The third-order valence-corrected chi connectivity index (χ3v) is 3.02. The highest BCUT2D eigenvalue weighted by atomic mass is 16.2. The van der Waals surface area contributed by atoms with E-state index in [1.807, 2.05) is 19.1 Å². The molecule has 4 heteroatoms. The first-order valence-electron chi connectivity index (χ1n) is 6.41. The van der Waals surface area contributed by atoms with Gasteiger partial charge in [0.15, 0.2) is 0 Å². The second-order valence-corrected chi connectivity index (χ2v) is 4.64. The number of nitrogens with zero attached hydrogens (tertiary/aromatic N) is 1. The van der Waals surface area contributed by atoms with Crippen LogP contribution in [0, 0.1) is 5.92 Å². The van der Waals surface area contributed by atoms with Gasteiger partial charge in [-0.2, -0.15) is 5.10 Å². The van der Waals surface area contributed by atoms with Crippen LogP contribution in [0.5, 0.6) is 0 Å². The molecule has 1 atom stereocenters. The second-order valence-electron chi connectivity index (χ2n) is 4.64. The zero-order valence-electron chi connectivity index (χ0n) is 10.9. The molecule has 0 saturated heterocycles. The van der Waals surface area contributed by atoms with Gasteiger partial charge in [-0.25, -0.2) is 5.43 Å². The summed E-state index contributed by atoms with van der Waals surface area (Å²) in [6.45, 7) is 5.15. The Morgan fingerprint density at radius 3 is 2.72 bits per heavy atom. The standard InChI is InChI=1S/C14H19N3O/c1-3-8-15-12-6-4-11(5-7-12)14-10(2)9-13(18)16-17-14/h4-7,10,15H,3,8-9H2,1-2H3,(H,16,18). The van der Waals surface area contributed by atoms with Gasteiger partial charge in [-0.3, -0.25) is 4.79 Å². The highest BCUT2D eigenvalue weighted by molar-refractivity contribution is 6.05. The van der Waals surface area contributed by atoms with Crippen molar-refractivity contribution in [1.29, 1.82) is 0 Å². The number of hydrogen-bond acceptors (Lipinski definition) is 3. The van der Waals surface area contributed by atoms with Crippen LogP contribution in [-0.4, -0.2) is 18.2 Å². The summed E-state index contributed by atoms with van der Waals surface area (Å²) >= 11 is 0. The fourth-order valence-corrected chi connectivity index (χ4v) is 2.03. The summed E-state index contributed by atoms with van der Waals surface area (Å²) in [5.74, 6) is 0.167. The lowest BCUT2D eigenvalue weighted by molar-refractivity contribution is -0.121. The number of carbonyl (C=O) groups is 1. The van der Waals surface area contributed by atoms with E-state index in [2.05, 4.69) is 34.9 Å². The molecule has 4 nitrogen and oxygen atoms in total. The summed E-state index contributed by atoms with van der Waals surface area (Å²) in [5, 5.41) is 7.48. The monoisotopic (exact) mass is 245 g/mol. The smallest absolute Gasteiger partial charge is 0.240 e. The molecular weight excluding hydrogens is 226 g/mol. The van der Waals surface area contributed by atoms with Gasteiger partial charge in [-0.1, -0.05) is 26.0 Å². The maximum Gasteiger partial charge on any atom is 0.240 e. The van der Waals surface area contributed by atoms with E-state index in [0.717, 1.165) is 29.9 Å². The van der Waals surface area contributed by atoms with Gasteiger partial charge in [0, 0.05) is 24.6 Å². The Morgan fingerprint density at radius 1 is 1.39 bits per heavy atom. The van der Waals surface area contributed by atoms with E-state index in [4.69, 9.17) is 0 Å². The van der Waals surface area contributed by atoms with Crippen molar-refractivity contribution in [1.82, 2.24) is 5.43 Å². The van der Waals surface area contributed by atoms with E-state index in [9.17, 15) is 4.79 Å². The summed E-state index contributed by atoms with van der Waals surface area (Å²) in [7, 11) is 0. The minimum Gasteiger partial charge on any atom is -0.385 e. The van der Waals surface area contributed by atoms with Gasteiger partial charge < -0.3 is 5.32 Å². The van der Waals surface area contributed by atoms with Crippen molar-refractivity contribution in [2.75, 3.05) is 11.9 Å². The third-order valence-electron chi connectivity index (χ3n) is 3.02. The molecule has 0 radical (unpaired) electrons. The summed E-state index contributed by atoms with van der Waals surface area (Å²) < 4.78 is 0. The van der Waals surface area contributed by atoms with Crippen molar-refractivity contribution < 1.29 is 4.79 Å². The molecule has 0 spiro atoms. The van der Waals surface area contributed by atoms with Crippen LogP contribution in [0.25, 0.3) is 0 Å². The molecule has 1 aliphatic heterocycles. The molecule has 0 aromatic heterocycles. The Balaban J connectivity index is 2.12. The van der Waals surface area contributed by atoms with Crippen molar-refractivity contribution >= 4 is 17.3 Å². The first kappa shape index (κ1) is 12.6. The number of hydrogen-bond donors (Lipinski definition) is 2. The molecule has 1 heterocycles. The Hall–Kier alpha value is -1.84. The maximum absolute atomic E-state index is 11.2. The Bertz CT molecular complexity index is 451. The van der Waals surface area contributed by atoms with Gasteiger partial charge in [0.2, 0.25) is 5.91 Å². The van der Waals surface area contributed by atoms with Crippen LogP contribution in [0.1, 0.15) is 32.3 Å². The van der Waals surface area contributed by atoms with Gasteiger partial charge in [0.25, 0.3) is 0 Å². The van der Waals surface area contributed by atoms with Gasteiger partial charge in [0.1, 0.15) is 0 Å². The molecule has 1 aromatic carbocycles. The Morgan fingerprint density at radius 2 is 2.11 bits per heavy atom. The molecule has 0 saturated carbocycles. The molecule has 2 N–H and O–H groups in total. The number of hydrazone groups is 1. The molecule has 96 valence electrons. The van der Waals surface area contributed by atoms with E-state index < -0.39 is 0 Å². The molecule has 0 aliphatic carbocycles. The van der Waals surface area contributed by atoms with Crippen LogP contribution in [-0.2, 0) is 4.79 Å². The van der Waals surface area contributed by atoms with Crippen LogP contribution >= 0.6 is 0 Å². The SMILES string of the molecule is CCCNc1ccc(C2=NNC(=O)CC2C)cc1. The lowest BCUT2D eigenvalue weighted by Crippen LogP contribution is -2.31. The highest BCUT2D eigenvalue weighted by Crippen LogP contribution is 2.18. The summed E-state index contributed by atoms with van der Waals surface area (Å²) in [6, 6.07) is 8.20. The largest absolute Gasteiger partial charge is 0.385 e. The number of anilines is 1.